The Balaban J connectivity index is 3.09. The van der Waals surface area contributed by atoms with Crippen LogP contribution in [0.4, 0.5) is 4.39 Å². The van der Waals surface area contributed by atoms with Crippen molar-refractivity contribution < 1.29 is 9.13 Å². The van der Waals surface area contributed by atoms with Crippen molar-refractivity contribution in [2.45, 2.75) is 6.54 Å². The molecule has 0 heterocycles. The first-order valence-corrected chi connectivity index (χ1v) is 4.65. The van der Waals surface area contributed by atoms with Crippen LogP contribution in [0.15, 0.2) is 16.6 Å². The molecular weight excluding hydrogens is 237 g/mol. The molecule has 0 radical (unpaired) electrons. The van der Waals surface area contributed by atoms with Crippen molar-refractivity contribution in [1.29, 1.82) is 0 Å². The first kappa shape index (κ1) is 10.5. The average Bonchev–Trinajstić information content (AvgIpc) is 2.13. The van der Waals surface area contributed by atoms with Crippen LogP contribution in [-0.4, -0.2) is 14.2 Å². The maximum atomic E-state index is 13.4. The molecule has 0 fully saturated rings. The molecule has 0 saturated carbocycles. The Bertz CT molecular complexity index is 304. The number of hydrogen-bond donors (Lipinski definition) is 1. The lowest BCUT2D eigenvalue weighted by atomic mass is 10.2. The maximum Gasteiger partial charge on any atom is 0.142 e. The van der Waals surface area contributed by atoms with E-state index in [0.29, 0.717) is 22.3 Å². The van der Waals surface area contributed by atoms with Gasteiger partial charge in [-0.25, -0.2) is 4.39 Å². The Hall–Kier alpha value is -0.610. The van der Waals surface area contributed by atoms with Crippen molar-refractivity contribution in [2.24, 2.45) is 0 Å². The van der Waals surface area contributed by atoms with Crippen LogP contribution >= 0.6 is 15.9 Å². The van der Waals surface area contributed by atoms with Gasteiger partial charge >= 0.3 is 0 Å². The van der Waals surface area contributed by atoms with Crippen molar-refractivity contribution in [3.05, 3.63) is 28.0 Å². The fourth-order valence-electron chi connectivity index (χ4n) is 1.06. The van der Waals surface area contributed by atoms with E-state index in [1.807, 2.05) is 0 Å². The molecule has 0 bridgehead atoms. The second-order valence-corrected chi connectivity index (χ2v) is 3.47. The number of halogens is 2. The second-order valence-electron chi connectivity index (χ2n) is 2.61. The molecule has 0 aliphatic rings. The van der Waals surface area contributed by atoms with Gasteiger partial charge in [0.05, 0.1) is 11.6 Å². The normalized spacial score (nSPS) is 10.2. The third kappa shape index (κ3) is 2.42. The van der Waals surface area contributed by atoms with Crippen molar-refractivity contribution in [1.82, 2.24) is 5.32 Å². The highest BCUT2D eigenvalue weighted by molar-refractivity contribution is 9.10. The Labute approximate surface area is 85.2 Å². The molecule has 13 heavy (non-hydrogen) atoms. The molecule has 0 unspecified atom stereocenters. The number of benzene rings is 1. The molecule has 0 atom stereocenters. The van der Waals surface area contributed by atoms with Crippen LogP contribution in [0.25, 0.3) is 0 Å². The summed E-state index contributed by atoms with van der Waals surface area (Å²) in [5, 5.41) is 2.89. The van der Waals surface area contributed by atoms with Gasteiger partial charge in [-0.15, -0.1) is 0 Å². The van der Waals surface area contributed by atoms with E-state index >= 15 is 0 Å². The second kappa shape index (κ2) is 4.58. The third-order valence-electron chi connectivity index (χ3n) is 1.68. The van der Waals surface area contributed by atoms with Crippen molar-refractivity contribution in [3.8, 4) is 5.75 Å². The molecule has 0 saturated heterocycles. The van der Waals surface area contributed by atoms with E-state index in [9.17, 15) is 4.39 Å². The van der Waals surface area contributed by atoms with Crippen LogP contribution in [0, 0.1) is 5.82 Å². The number of nitrogens with one attached hydrogen (secondary N) is 1. The van der Waals surface area contributed by atoms with Crippen LogP contribution in [-0.2, 0) is 6.54 Å². The molecule has 0 aliphatic heterocycles. The van der Waals surface area contributed by atoms with Gasteiger partial charge in [0, 0.05) is 12.1 Å². The fourth-order valence-corrected chi connectivity index (χ4v) is 1.54. The van der Waals surface area contributed by atoms with E-state index in [-0.39, 0.29) is 5.82 Å². The highest BCUT2D eigenvalue weighted by atomic mass is 79.9. The van der Waals surface area contributed by atoms with Gasteiger partial charge in [-0.2, -0.15) is 0 Å². The zero-order valence-electron chi connectivity index (χ0n) is 7.53. The van der Waals surface area contributed by atoms with E-state index in [1.165, 1.54) is 0 Å². The SMILES string of the molecule is CNCc1cc(OC)cc(Br)c1F. The minimum absolute atomic E-state index is 0.241. The maximum absolute atomic E-state index is 13.4. The van der Waals surface area contributed by atoms with Crippen LogP contribution in [0.3, 0.4) is 0 Å². The standard InChI is InChI=1S/C9H11BrFNO/c1-12-5-6-3-7(13-2)4-8(10)9(6)11/h3-4,12H,5H2,1-2H3. The van der Waals surface area contributed by atoms with Gasteiger partial charge in [0.25, 0.3) is 0 Å². The first-order chi connectivity index (χ1) is 6.19. The summed E-state index contributed by atoms with van der Waals surface area (Å²) in [4.78, 5) is 0. The highest BCUT2D eigenvalue weighted by Crippen LogP contribution is 2.25. The van der Waals surface area contributed by atoms with E-state index in [2.05, 4.69) is 21.2 Å². The Morgan fingerprint density at radius 1 is 1.54 bits per heavy atom. The molecule has 1 aromatic carbocycles. The molecule has 1 aromatic rings. The van der Waals surface area contributed by atoms with Crippen molar-refractivity contribution in [2.75, 3.05) is 14.2 Å². The summed E-state index contributed by atoms with van der Waals surface area (Å²) in [7, 11) is 3.33. The summed E-state index contributed by atoms with van der Waals surface area (Å²) >= 11 is 3.12. The average molecular weight is 248 g/mol. The molecule has 0 aliphatic carbocycles. The Morgan fingerprint density at radius 3 is 2.77 bits per heavy atom. The zero-order valence-corrected chi connectivity index (χ0v) is 9.11. The number of methoxy groups -OCH3 is 1. The van der Waals surface area contributed by atoms with Gasteiger partial charge in [-0.05, 0) is 35.1 Å². The monoisotopic (exact) mass is 247 g/mol. The topological polar surface area (TPSA) is 21.3 Å². The lowest BCUT2D eigenvalue weighted by Gasteiger charge is -2.07. The Morgan fingerprint density at radius 2 is 2.23 bits per heavy atom. The van der Waals surface area contributed by atoms with Gasteiger partial charge in [-0.3, -0.25) is 0 Å². The third-order valence-corrected chi connectivity index (χ3v) is 2.26. The summed E-state index contributed by atoms with van der Waals surface area (Å²) in [5.41, 5.74) is 0.591. The number of ether oxygens (including phenoxy) is 1. The lowest BCUT2D eigenvalue weighted by molar-refractivity contribution is 0.412. The molecular formula is C9H11BrFNO. The van der Waals surface area contributed by atoms with E-state index < -0.39 is 0 Å². The van der Waals surface area contributed by atoms with Crippen LogP contribution < -0.4 is 10.1 Å². The van der Waals surface area contributed by atoms with Crippen LogP contribution in [0.5, 0.6) is 5.75 Å². The predicted octanol–water partition coefficient (Wildman–Crippen LogP) is 2.32. The summed E-state index contributed by atoms with van der Waals surface area (Å²) < 4.78 is 18.8. The summed E-state index contributed by atoms with van der Waals surface area (Å²) in [6.07, 6.45) is 0. The molecule has 0 amide bonds. The minimum atomic E-state index is -0.241. The van der Waals surface area contributed by atoms with E-state index in [4.69, 9.17) is 4.74 Å². The molecule has 1 N–H and O–H groups in total. The summed E-state index contributed by atoms with van der Waals surface area (Å²) in [6, 6.07) is 3.28. The van der Waals surface area contributed by atoms with Crippen molar-refractivity contribution >= 4 is 15.9 Å². The minimum Gasteiger partial charge on any atom is -0.497 e. The number of hydrogen-bond acceptors (Lipinski definition) is 2. The predicted molar refractivity (Wildman–Crippen MR) is 53.4 cm³/mol. The van der Waals surface area contributed by atoms with Crippen LogP contribution in [0.2, 0.25) is 0 Å². The fraction of sp³-hybridized carbons (Fsp3) is 0.333. The molecule has 2 nitrogen and oxygen atoms in total. The molecule has 0 aromatic heterocycles. The van der Waals surface area contributed by atoms with E-state index in [1.54, 1.807) is 26.3 Å². The number of rotatable bonds is 3. The van der Waals surface area contributed by atoms with Crippen molar-refractivity contribution in [3.63, 3.8) is 0 Å². The molecule has 4 heteroatoms. The first-order valence-electron chi connectivity index (χ1n) is 3.85. The zero-order chi connectivity index (χ0) is 9.84. The lowest BCUT2D eigenvalue weighted by Crippen LogP contribution is -2.07. The molecule has 1 rings (SSSR count). The van der Waals surface area contributed by atoms with Gasteiger partial charge < -0.3 is 10.1 Å². The van der Waals surface area contributed by atoms with Gasteiger partial charge in [0.15, 0.2) is 0 Å². The summed E-state index contributed by atoms with van der Waals surface area (Å²) in [6.45, 7) is 0.488. The smallest absolute Gasteiger partial charge is 0.142 e. The van der Waals surface area contributed by atoms with Gasteiger partial charge in [0.1, 0.15) is 11.6 Å². The largest absolute Gasteiger partial charge is 0.497 e. The quantitative estimate of drug-likeness (QED) is 0.886. The summed E-state index contributed by atoms with van der Waals surface area (Å²) in [5.74, 6) is 0.411. The molecule has 72 valence electrons. The highest BCUT2D eigenvalue weighted by Gasteiger charge is 2.08. The van der Waals surface area contributed by atoms with Gasteiger partial charge in [0.2, 0.25) is 0 Å². The van der Waals surface area contributed by atoms with Gasteiger partial charge in [-0.1, -0.05) is 0 Å². The van der Waals surface area contributed by atoms with Crippen LogP contribution in [0.1, 0.15) is 5.56 Å². The van der Waals surface area contributed by atoms with E-state index in [0.717, 1.165) is 0 Å². The Kier molecular flexibility index (Phi) is 3.69. The molecule has 0 spiro atoms.